The third-order valence-electron chi connectivity index (χ3n) is 7.44. The fourth-order valence-corrected chi connectivity index (χ4v) is 7.19. The molecule has 1 fully saturated rings. The predicted molar refractivity (Wildman–Crippen MR) is 133 cm³/mol. The first kappa shape index (κ1) is 25.2. The zero-order chi connectivity index (χ0) is 24.3. The van der Waals surface area contributed by atoms with Crippen LogP contribution in [0.3, 0.4) is 0 Å². The molecule has 34 heavy (non-hydrogen) atoms. The minimum absolute atomic E-state index is 0.110. The van der Waals surface area contributed by atoms with Crippen LogP contribution in [0.4, 0.5) is 5.69 Å². The van der Waals surface area contributed by atoms with Gasteiger partial charge in [0.2, 0.25) is 0 Å². The molecule has 2 unspecified atom stereocenters. The quantitative estimate of drug-likeness (QED) is 0.572. The zero-order valence-electron chi connectivity index (χ0n) is 20.2. The van der Waals surface area contributed by atoms with Crippen LogP contribution >= 0.6 is 0 Å². The summed E-state index contributed by atoms with van der Waals surface area (Å²) < 4.78 is 34.8. The summed E-state index contributed by atoms with van der Waals surface area (Å²) >= 11 is 0. The van der Waals surface area contributed by atoms with Crippen LogP contribution < -0.4 is 4.31 Å². The van der Waals surface area contributed by atoms with Gasteiger partial charge in [-0.15, -0.1) is 0 Å². The second kappa shape index (κ2) is 10.8. The minimum atomic E-state index is -3.83. The SMILES string of the molecule is CCc1ccc2c(c1)CCC(CC)N2S(=O)(=O)c1ccc(C(O)CC2CCOCC2)c(CO)c1. The summed E-state index contributed by atoms with van der Waals surface area (Å²) in [6.45, 7) is 5.21. The maximum atomic E-state index is 13.9. The van der Waals surface area contributed by atoms with Crippen molar-refractivity contribution in [3.05, 3.63) is 58.7 Å². The van der Waals surface area contributed by atoms with Crippen LogP contribution in [-0.4, -0.2) is 37.9 Å². The number of hydrogen-bond acceptors (Lipinski definition) is 5. The molecule has 2 aliphatic heterocycles. The largest absolute Gasteiger partial charge is 0.392 e. The van der Waals surface area contributed by atoms with Gasteiger partial charge in [-0.25, -0.2) is 8.42 Å². The van der Waals surface area contributed by atoms with E-state index in [4.69, 9.17) is 4.74 Å². The molecule has 2 N–H and O–H groups in total. The highest BCUT2D eigenvalue weighted by molar-refractivity contribution is 7.92. The summed E-state index contributed by atoms with van der Waals surface area (Å²) in [7, 11) is -3.83. The number of rotatable bonds is 8. The van der Waals surface area contributed by atoms with Crippen molar-refractivity contribution in [2.75, 3.05) is 17.5 Å². The highest BCUT2D eigenvalue weighted by Gasteiger charge is 2.35. The Balaban J connectivity index is 1.66. The van der Waals surface area contributed by atoms with Gasteiger partial charge in [0.25, 0.3) is 10.0 Å². The lowest BCUT2D eigenvalue weighted by molar-refractivity contribution is 0.0431. The van der Waals surface area contributed by atoms with Crippen molar-refractivity contribution in [3.8, 4) is 0 Å². The van der Waals surface area contributed by atoms with E-state index in [-0.39, 0.29) is 17.5 Å². The summed E-state index contributed by atoms with van der Waals surface area (Å²) in [5.41, 5.74) is 4.10. The molecule has 0 aliphatic carbocycles. The van der Waals surface area contributed by atoms with Crippen molar-refractivity contribution in [1.29, 1.82) is 0 Å². The standard InChI is InChI=1S/C27H37NO5S/c1-3-19-5-10-26-21(15-19)6-7-23(4-2)28(26)34(31,32)24-8-9-25(22(17-24)18-29)27(30)16-20-11-13-33-14-12-20/h5,8-10,15,17,20,23,27,29-30H,3-4,6-7,11-14,16,18H2,1-2H3. The molecule has 2 aromatic carbocycles. The van der Waals surface area contributed by atoms with Crippen LogP contribution in [-0.2, 0) is 34.2 Å². The van der Waals surface area contributed by atoms with Gasteiger partial charge in [0.15, 0.2) is 0 Å². The van der Waals surface area contributed by atoms with E-state index >= 15 is 0 Å². The molecule has 0 aromatic heterocycles. The molecule has 0 spiro atoms. The number of hydrogen-bond donors (Lipinski definition) is 2. The maximum Gasteiger partial charge on any atom is 0.264 e. The molecule has 2 aliphatic rings. The van der Waals surface area contributed by atoms with Crippen molar-refractivity contribution in [1.82, 2.24) is 0 Å². The molecule has 2 heterocycles. The Morgan fingerprint density at radius 3 is 2.53 bits per heavy atom. The number of aliphatic hydroxyl groups excluding tert-OH is 2. The second-order valence-electron chi connectivity index (χ2n) is 9.54. The smallest absolute Gasteiger partial charge is 0.264 e. The Morgan fingerprint density at radius 2 is 1.85 bits per heavy atom. The van der Waals surface area contributed by atoms with Gasteiger partial charge in [-0.2, -0.15) is 0 Å². The van der Waals surface area contributed by atoms with E-state index in [2.05, 4.69) is 13.0 Å². The minimum Gasteiger partial charge on any atom is -0.392 e. The van der Waals surface area contributed by atoms with Gasteiger partial charge in [-0.1, -0.05) is 32.0 Å². The number of anilines is 1. The van der Waals surface area contributed by atoms with Gasteiger partial charge in [0, 0.05) is 19.3 Å². The molecule has 6 nitrogen and oxygen atoms in total. The van der Waals surface area contributed by atoms with Crippen molar-refractivity contribution < 1.29 is 23.4 Å². The fraction of sp³-hybridized carbons (Fsp3) is 0.556. The van der Waals surface area contributed by atoms with Crippen molar-refractivity contribution in [2.24, 2.45) is 5.92 Å². The number of nitrogens with zero attached hydrogens (tertiary/aromatic N) is 1. The van der Waals surface area contributed by atoms with Crippen LogP contribution in [0.2, 0.25) is 0 Å². The number of benzene rings is 2. The van der Waals surface area contributed by atoms with E-state index in [0.717, 1.165) is 49.8 Å². The first-order valence-corrected chi connectivity index (χ1v) is 14.0. The van der Waals surface area contributed by atoms with Gasteiger partial charge in [-0.05, 0) is 91.3 Å². The number of ether oxygens (including phenoxy) is 1. The highest BCUT2D eigenvalue weighted by Crippen LogP contribution is 2.38. The van der Waals surface area contributed by atoms with E-state index in [1.165, 1.54) is 5.56 Å². The highest BCUT2D eigenvalue weighted by atomic mass is 32.2. The Kier molecular flexibility index (Phi) is 7.97. The van der Waals surface area contributed by atoms with Crippen LogP contribution in [0.5, 0.6) is 0 Å². The Hall–Kier alpha value is -1.93. The van der Waals surface area contributed by atoms with Gasteiger partial charge < -0.3 is 14.9 Å². The molecule has 0 saturated carbocycles. The maximum absolute atomic E-state index is 13.9. The first-order chi connectivity index (χ1) is 16.4. The lowest BCUT2D eigenvalue weighted by Gasteiger charge is -2.38. The number of sulfonamides is 1. The Morgan fingerprint density at radius 1 is 1.09 bits per heavy atom. The van der Waals surface area contributed by atoms with Crippen LogP contribution in [0.25, 0.3) is 0 Å². The first-order valence-electron chi connectivity index (χ1n) is 12.5. The van der Waals surface area contributed by atoms with E-state index in [0.29, 0.717) is 36.7 Å². The average molecular weight is 488 g/mol. The average Bonchev–Trinajstić information content (AvgIpc) is 2.87. The molecule has 1 saturated heterocycles. The molecule has 2 atom stereocenters. The molecule has 4 rings (SSSR count). The van der Waals surface area contributed by atoms with Crippen LogP contribution in [0.1, 0.15) is 74.3 Å². The third-order valence-corrected chi connectivity index (χ3v) is 9.30. The van der Waals surface area contributed by atoms with E-state index in [9.17, 15) is 18.6 Å². The molecule has 0 bridgehead atoms. The Bertz CT molecular complexity index is 1090. The molecule has 186 valence electrons. The molecular formula is C27H37NO5S. The number of aliphatic hydroxyl groups is 2. The normalized spacial score (nSPS) is 20.2. The van der Waals surface area contributed by atoms with Crippen molar-refractivity contribution in [3.63, 3.8) is 0 Å². The van der Waals surface area contributed by atoms with Gasteiger partial charge in [-0.3, -0.25) is 4.31 Å². The zero-order valence-corrected chi connectivity index (χ0v) is 21.1. The molecule has 2 aromatic rings. The molecular weight excluding hydrogens is 450 g/mol. The lowest BCUT2D eigenvalue weighted by Crippen LogP contribution is -2.43. The van der Waals surface area contributed by atoms with E-state index in [1.807, 2.05) is 19.1 Å². The number of fused-ring (bicyclic) bond motifs is 1. The summed E-state index contributed by atoms with van der Waals surface area (Å²) in [4.78, 5) is 0.157. The van der Waals surface area contributed by atoms with E-state index < -0.39 is 16.1 Å². The second-order valence-corrected chi connectivity index (χ2v) is 11.4. The van der Waals surface area contributed by atoms with Crippen LogP contribution in [0.15, 0.2) is 41.3 Å². The van der Waals surface area contributed by atoms with Gasteiger partial charge in [0.05, 0.1) is 23.3 Å². The van der Waals surface area contributed by atoms with Crippen molar-refractivity contribution >= 4 is 15.7 Å². The lowest BCUT2D eigenvalue weighted by atomic mass is 9.89. The predicted octanol–water partition coefficient (Wildman–Crippen LogP) is 4.51. The Labute approximate surface area is 203 Å². The topological polar surface area (TPSA) is 87.1 Å². The van der Waals surface area contributed by atoms with E-state index in [1.54, 1.807) is 22.5 Å². The fourth-order valence-electron chi connectivity index (χ4n) is 5.35. The summed E-state index contributed by atoms with van der Waals surface area (Å²) in [6, 6.07) is 10.8. The summed E-state index contributed by atoms with van der Waals surface area (Å²) in [6.07, 6.45) is 4.94. The van der Waals surface area contributed by atoms with Crippen LogP contribution in [0, 0.1) is 5.92 Å². The molecule has 0 radical (unpaired) electrons. The number of aryl methyl sites for hydroxylation is 2. The monoisotopic (exact) mass is 487 g/mol. The summed E-state index contributed by atoms with van der Waals surface area (Å²) in [5.74, 6) is 0.363. The third kappa shape index (κ3) is 5.03. The summed E-state index contributed by atoms with van der Waals surface area (Å²) in [5, 5.41) is 20.9. The molecule has 0 amide bonds. The molecule has 7 heteroatoms. The van der Waals surface area contributed by atoms with Gasteiger partial charge in [0.1, 0.15) is 0 Å². The van der Waals surface area contributed by atoms with Gasteiger partial charge >= 0.3 is 0 Å². The van der Waals surface area contributed by atoms with Crippen molar-refractivity contribution in [2.45, 2.75) is 82.4 Å².